The first kappa shape index (κ1) is 20.5. The summed E-state index contributed by atoms with van der Waals surface area (Å²) in [7, 11) is 0. The molecular weight excluding hydrogens is 382 g/mol. The van der Waals surface area contributed by atoms with Crippen LogP contribution in [-0.2, 0) is 6.42 Å². The molecule has 0 spiro atoms. The van der Waals surface area contributed by atoms with Gasteiger partial charge in [-0.2, -0.15) is 0 Å². The lowest BCUT2D eigenvalue weighted by atomic mass is 9.96. The molecule has 0 saturated heterocycles. The van der Waals surface area contributed by atoms with Gasteiger partial charge in [-0.05, 0) is 35.7 Å². The molecule has 0 fully saturated rings. The third-order valence-corrected chi connectivity index (χ3v) is 4.26. The number of rotatable bonds is 6. The van der Waals surface area contributed by atoms with Gasteiger partial charge in [0.15, 0.2) is 5.75 Å². The largest absolute Gasteiger partial charge is 0.511 e. The second-order valence-electron chi connectivity index (χ2n) is 6.23. The van der Waals surface area contributed by atoms with Gasteiger partial charge in [-0.1, -0.05) is 54.6 Å². The van der Waals surface area contributed by atoms with E-state index in [1.54, 1.807) is 24.3 Å². The summed E-state index contributed by atoms with van der Waals surface area (Å²) in [4.78, 5) is 23.3. The molecule has 3 aromatic carbocycles. The number of benzene rings is 3. The summed E-state index contributed by atoms with van der Waals surface area (Å²) in [5.41, 5.74) is 2.89. The lowest BCUT2D eigenvalue weighted by Crippen LogP contribution is -2.18. The Kier molecular flexibility index (Phi) is 6.70. The van der Waals surface area contributed by atoms with Crippen LogP contribution < -0.4 is 14.8 Å². The number of para-hydroxylation sites is 2. The van der Waals surface area contributed by atoms with Gasteiger partial charge in [0.25, 0.3) is 0 Å². The molecule has 0 saturated carbocycles. The number of carbonyl (C=O) groups excluding carboxylic acids is 1. The van der Waals surface area contributed by atoms with Crippen molar-refractivity contribution in [1.82, 2.24) is 0 Å². The smallest absolute Gasteiger partial charge is 0.449 e. The van der Waals surface area contributed by atoms with Crippen molar-refractivity contribution in [2.75, 3.05) is 5.32 Å². The fourth-order valence-corrected chi connectivity index (χ4v) is 2.99. The van der Waals surface area contributed by atoms with E-state index in [9.17, 15) is 9.59 Å². The number of amides is 1. The van der Waals surface area contributed by atoms with Gasteiger partial charge >= 0.3 is 12.2 Å². The average Bonchev–Trinajstić information content (AvgIpc) is 2.74. The minimum absolute atomic E-state index is 0.00691. The van der Waals surface area contributed by atoms with Crippen LogP contribution in [0.5, 0.6) is 11.5 Å². The molecule has 3 aromatic rings. The van der Waals surface area contributed by atoms with Crippen molar-refractivity contribution in [2.24, 2.45) is 0 Å². The standard InChI is InChI=1S/C24H19NO5/c1-2-3-12-19-18(17-10-5-4-6-11-17)13-9-16-21(19)29-23(26)25-20-14-7-8-15-22(20)30-24(27)28/h1,4-11,13-16H,3,12H2,(H,25,26)(H,27,28). The first-order valence-electron chi connectivity index (χ1n) is 9.18. The fourth-order valence-electron chi connectivity index (χ4n) is 2.99. The van der Waals surface area contributed by atoms with Crippen molar-refractivity contribution >= 4 is 17.9 Å². The zero-order chi connectivity index (χ0) is 21.3. The highest BCUT2D eigenvalue weighted by Crippen LogP contribution is 2.32. The number of carboxylic acid groups (broad SMARTS) is 1. The molecule has 0 heterocycles. The Balaban J connectivity index is 1.87. The van der Waals surface area contributed by atoms with E-state index < -0.39 is 12.2 Å². The Morgan fingerprint density at radius 1 is 0.900 bits per heavy atom. The molecule has 0 aliphatic rings. The SMILES string of the molecule is C#CCCc1c(OC(=O)Nc2ccccc2OC(=O)O)cccc1-c1ccccc1. The van der Waals surface area contributed by atoms with Gasteiger partial charge in [-0.3, -0.25) is 5.32 Å². The molecule has 2 N–H and O–H groups in total. The van der Waals surface area contributed by atoms with Crippen molar-refractivity contribution < 1.29 is 24.2 Å². The minimum Gasteiger partial charge on any atom is -0.449 e. The van der Waals surface area contributed by atoms with Crippen molar-refractivity contribution in [3.63, 3.8) is 0 Å². The third kappa shape index (κ3) is 5.18. The molecule has 3 rings (SSSR count). The van der Waals surface area contributed by atoms with E-state index in [-0.39, 0.29) is 11.4 Å². The molecule has 1 amide bonds. The predicted molar refractivity (Wildman–Crippen MR) is 114 cm³/mol. The van der Waals surface area contributed by atoms with Gasteiger partial charge in [0.2, 0.25) is 0 Å². The summed E-state index contributed by atoms with van der Waals surface area (Å²) in [6.45, 7) is 0. The van der Waals surface area contributed by atoms with Crippen molar-refractivity contribution in [3.8, 4) is 35.0 Å². The molecule has 0 atom stereocenters. The fraction of sp³-hybridized carbons (Fsp3) is 0.0833. The van der Waals surface area contributed by atoms with Gasteiger partial charge in [-0.25, -0.2) is 9.59 Å². The van der Waals surface area contributed by atoms with Crippen LogP contribution in [0.3, 0.4) is 0 Å². The number of hydrogen-bond donors (Lipinski definition) is 2. The Bertz CT molecular complexity index is 1090. The molecule has 6 heteroatoms. The zero-order valence-electron chi connectivity index (χ0n) is 16.0. The number of carbonyl (C=O) groups is 2. The summed E-state index contributed by atoms with van der Waals surface area (Å²) in [6, 6.07) is 21.3. The van der Waals surface area contributed by atoms with Crippen LogP contribution >= 0.6 is 0 Å². The summed E-state index contributed by atoms with van der Waals surface area (Å²) in [5.74, 6) is 2.98. The van der Waals surface area contributed by atoms with Crippen LogP contribution in [0.2, 0.25) is 0 Å². The van der Waals surface area contributed by atoms with Crippen molar-refractivity contribution in [2.45, 2.75) is 12.8 Å². The van der Waals surface area contributed by atoms with Crippen LogP contribution in [0, 0.1) is 12.3 Å². The molecule has 0 unspecified atom stereocenters. The van der Waals surface area contributed by atoms with E-state index in [4.69, 9.17) is 16.3 Å². The highest BCUT2D eigenvalue weighted by atomic mass is 16.7. The van der Waals surface area contributed by atoms with E-state index in [1.165, 1.54) is 12.1 Å². The average molecular weight is 401 g/mol. The van der Waals surface area contributed by atoms with Crippen molar-refractivity contribution in [1.29, 1.82) is 0 Å². The lowest BCUT2D eigenvalue weighted by Gasteiger charge is -2.15. The predicted octanol–water partition coefficient (Wildman–Crippen LogP) is 5.59. The lowest BCUT2D eigenvalue weighted by molar-refractivity contribution is 0.144. The minimum atomic E-state index is -1.48. The molecule has 0 aliphatic heterocycles. The van der Waals surface area contributed by atoms with E-state index in [0.717, 1.165) is 16.7 Å². The highest BCUT2D eigenvalue weighted by Gasteiger charge is 2.16. The highest BCUT2D eigenvalue weighted by molar-refractivity contribution is 5.89. The molecule has 0 aromatic heterocycles. The van der Waals surface area contributed by atoms with Crippen molar-refractivity contribution in [3.05, 3.63) is 78.4 Å². The maximum absolute atomic E-state index is 12.5. The van der Waals surface area contributed by atoms with Gasteiger partial charge in [0, 0.05) is 12.0 Å². The quantitative estimate of drug-likeness (QED) is 0.320. The summed E-state index contributed by atoms with van der Waals surface area (Å²) >= 11 is 0. The van der Waals surface area contributed by atoms with Crippen LogP contribution in [0.4, 0.5) is 15.3 Å². The van der Waals surface area contributed by atoms with Gasteiger partial charge in [0.05, 0.1) is 5.69 Å². The van der Waals surface area contributed by atoms with E-state index >= 15 is 0 Å². The maximum atomic E-state index is 12.5. The Morgan fingerprint density at radius 3 is 2.33 bits per heavy atom. The number of ether oxygens (including phenoxy) is 2. The molecule has 0 aliphatic carbocycles. The molecule has 30 heavy (non-hydrogen) atoms. The number of nitrogens with one attached hydrogen (secondary N) is 1. The summed E-state index contributed by atoms with van der Waals surface area (Å²) in [5, 5.41) is 11.4. The Hall–Kier alpha value is -4.24. The molecule has 6 nitrogen and oxygen atoms in total. The van der Waals surface area contributed by atoms with Crippen LogP contribution in [0.1, 0.15) is 12.0 Å². The Labute approximate surface area is 174 Å². The van der Waals surface area contributed by atoms with Crippen LogP contribution in [-0.4, -0.2) is 17.4 Å². The first-order chi connectivity index (χ1) is 14.6. The second-order valence-corrected chi connectivity index (χ2v) is 6.23. The molecule has 150 valence electrons. The van der Waals surface area contributed by atoms with E-state index in [0.29, 0.717) is 18.6 Å². The van der Waals surface area contributed by atoms with E-state index in [2.05, 4.69) is 16.0 Å². The Morgan fingerprint density at radius 2 is 1.60 bits per heavy atom. The summed E-state index contributed by atoms with van der Waals surface area (Å²) < 4.78 is 10.2. The number of terminal acetylenes is 1. The van der Waals surface area contributed by atoms with Crippen LogP contribution in [0.15, 0.2) is 72.8 Å². The topological polar surface area (TPSA) is 84.9 Å². The second kappa shape index (κ2) is 9.80. The van der Waals surface area contributed by atoms with Gasteiger partial charge in [0.1, 0.15) is 5.75 Å². The van der Waals surface area contributed by atoms with Gasteiger partial charge < -0.3 is 14.6 Å². The number of anilines is 1. The maximum Gasteiger partial charge on any atom is 0.511 e. The third-order valence-electron chi connectivity index (χ3n) is 4.26. The zero-order valence-corrected chi connectivity index (χ0v) is 16.0. The van der Waals surface area contributed by atoms with Crippen LogP contribution in [0.25, 0.3) is 11.1 Å². The summed E-state index contributed by atoms with van der Waals surface area (Å²) in [6.07, 6.45) is 4.20. The monoisotopic (exact) mass is 401 g/mol. The first-order valence-corrected chi connectivity index (χ1v) is 9.18. The van der Waals surface area contributed by atoms with Gasteiger partial charge in [-0.15, -0.1) is 12.3 Å². The molecular formula is C24H19NO5. The van der Waals surface area contributed by atoms with E-state index in [1.807, 2.05) is 36.4 Å². The molecule has 0 bridgehead atoms. The molecule has 0 radical (unpaired) electrons. The number of hydrogen-bond acceptors (Lipinski definition) is 4. The normalized spacial score (nSPS) is 9.97.